The number of carbonyl (C=O) groups excluding carboxylic acids is 1. The summed E-state index contributed by atoms with van der Waals surface area (Å²) in [6.45, 7) is 0. The van der Waals surface area contributed by atoms with Crippen molar-refractivity contribution in [2.45, 2.75) is 0 Å². The Morgan fingerprint density at radius 3 is 2.78 bits per heavy atom. The topological polar surface area (TPSA) is 56.0 Å². The first-order valence-corrected chi connectivity index (χ1v) is 3.09. The molecule has 0 aromatic carbocycles. The first kappa shape index (κ1) is 6.29. The summed E-state index contributed by atoms with van der Waals surface area (Å²) in [5.74, 6) is -0.539. The molecule has 1 amide bonds. The maximum Gasteiger partial charge on any atom is 0.268 e. The van der Waals surface area contributed by atoms with Gasteiger partial charge in [0.1, 0.15) is 5.69 Å². The Morgan fingerprint density at radius 1 is 1.89 bits per heavy atom. The summed E-state index contributed by atoms with van der Waals surface area (Å²) in [7, 11) is 5.22. The molecule has 0 aliphatic rings. The lowest BCUT2D eigenvalue weighted by Gasteiger charge is -1.80. The van der Waals surface area contributed by atoms with Crippen molar-refractivity contribution in [3.63, 3.8) is 0 Å². The lowest BCUT2D eigenvalue weighted by molar-refractivity contribution is 0.0996. The van der Waals surface area contributed by atoms with Crippen molar-refractivity contribution in [3.05, 3.63) is 11.1 Å². The van der Waals surface area contributed by atoms with E-state index < -0.39 is 5.91 Å². The number of nitrogens with zero attached hydrogens (tertiary/aromatic N) is 1. The van der Waals surface area contributed by atoms with Gasteiger partial charge in [0.2, 0.25) is 0 Å². The fraction of sp³-hybridized carbons (Fsp3) is 0. The minimum absolute atomic E-state index is 0.234. The molecular formula is C4H3BN2OS. The standard InChI is InChI=1S/C4H3BN2OS/c5-4-7-2(1-9-4)3(6)8/h1H,(H2,6,8). The molecule has 0 spiro atoms. The highest BCUT2D eigenvalue weighted by Gasteiger charge is 2.01. The first-order chi connectivity index (χ1) is 4.20. The second-order valence-electron chi connectivity index (χ2n) is 1.44. The van der Waals surface area contributed by atoms with Gasteiger partial charge in [0.15, 0.2) is 7.85 Å². The number of amides is 1. The largest absolute Gasteiger partial charge is 0.364 e. The number of nitrogens with two attached hydrogens (primary N) is 1. The van der Waals surface area contributed by atoms with Crippen LogP contribution < -0.4 is 10.6 Å². The van der Waals surface area contributed by atoms with Gasteiger partial charge in [-0.25, -0.2) is 4.98 Å². The van der Waals surface area contributed by atoms with Crippen molar-refractivity contribution in [1.29, 1.82) is 0 Å². The van der Waals surface area contributed by atoms with Gasteiger partial charge in [-0.2, -0.15) is 0 Å². The highest BCUT2D eigenvalue weighted by atomic mass is 32.1. The second-order valence-corrected chi connectivity index (χ2v) is 2.32. The fourth-order valence-corrected chi connectivity index (χ4v) is 0.953. The Kier molecular flexibility index (Phi) is 1.53. The molecule has 1 aromatic heterocycles. The van der Waals surface area contributed by atoms with E-state index in [2.05, 4.69) is 4.98 Å². The van der Waals surface area contributed by atoms with Gasteiger partial charge in [-0.3, -0.25) is 4.79 Å². The molecule has 1 aromatic rings. The lowest BCUT2D eigenvalue weighted by atomic mass is 10.2. The van der Waals surface area contributed by atoms with Crippen LogP contribution in [-0.2, 0) is 0 Å². The molecule has 0 saturated carbocycles. The van der Waals surface area contributed by atoms with Crippen LogP contribution in [0, 0.1) is 0 Å². The van der Waals surface area contributed by atoms with Gasteiger partial charge >= 0.3 is 0 Å². The summed E-state index contributed by atoms with van der Waals surface area (Å²) < 4.78 is 0. The van der Waals surface area contributed by atoms with Gasteiger partial charge in [-0.15, -0.1) is 11.3 Å². The van der Waals surface area contributed by atoms with E-state index in [0.29, 0.717) is 4.91 Å². The van der Waals surface area contributed by atoms with Crippen molar-refractivity contribution in [3.8, 4) is 0 Å². The normalized spacial score (nSPS) is 9.33. The summed E-state index contributed by atoms with van der Waals surface area (Å²) in [6.07, 6.45) is 0. The molecule has 0 aliphatic carbocycles. The van der Waals surface area contributed by atoms with E-state index in [1.165, 1.54) is 16.7 Å². The number of hydrogen-bond acceptors (Lipinski definition) is 3. The predicted octanol–water partition coefficient (Wildman–Crippen LogP) is -0.964. The number of hydrogen-bond donors (Lipinski definition) is 1. The van der Waals surface area contributed by atoms with Crippen LogP contribution >= 0.6 is 11.3 Å². The maximum atomic E-state index is 10.3. The van der Waals surface area contributed by atoms with E-state index in [0.717, 1.165) is 0 Å². The Morgan fingerprint density at radius 2 is 2.56 bits per heavy atom. The van der Waals surface area contributed by atoms with Crippen LogP contribution in [0.25, 0.3) is 0 Å². The number of thiazole rings is 1. The Hall–Kier alpha value is -0.835. The number of aromatic nitrogens is 1. The SMILES string of the molecule is [B]c1nc(C(N)=O)cs1. The van der Waals surface area contributed by atoms with Crippen LogP contribution in [0.3, 0.4) is 0 Å². The molecule has 9 heavy (non-hydrogen) atoms. The molecule has 0 saturated heterocycles. The van der Waals surface area contributed by atoms with Gasteiger partial charge in [0.05, 0.1) is 0 Å². The molecule has 1 rings (SSSR count). The van der Waals surface area contributed by atoms with Gasteiger partial charge in [-0.1, -0.05) is 0 Å². The van der Waals surface area contributed by atoms with E-state index in [1.54, 1.807) is 0 Å². The zero-order chi connectivity index (χ0) is 6.85. The van der Waals surface area contributed by atoms with Crippen molar-refractivity contribution in [2.24, 2.45) is 5.73 Å². The smallest absolute Gasteiger partial charge is 0.268 e. The lowest BCUT2D eigenvalue weighted by Crippen LogP contribution is -2.13. The average Bonchev–Trinajstić information content (AvgIpc) is 2.14. The maximum absolute atomic E-state index is 10.3. The number of carbonyl (C=O) groups is 1. The van der Waals surface area contributed by atoms with Crippen molar-refractivity contribution >= 4 is 30.0 Å². The summed E-state index contributed by atoms with van der Waals surface area (Å²) in [4.78, 5) is 14.3. The first-order valence-electron chi connectivity index (χ1n) is 2.21. The van der Waals surface area contributed by atoms with E-state index in [9.17, 15) is 4.79 Å². The Bertz CT molecular complexity index is 234. The molecule has 5 heteroatoms. The third-order valence-electron chi connectivity index (χ3n) is 0.774. The molecular weight excluding hydrogens is 135 g/mol. The molecule has 3 nitrogen and oxygen atoms in total. The quantitative estimate of drug-likeness (QED) is 0.508. The van der Waals surface area contributed by atoms with Crippen molar-refractivity contribution < 1.29 is 4.79 Å². The molecule has 2 radical (unpaired) electrons. The molecule has 0 atom stereocenters. The molecule has 1 heterocycles. The second kappa shape index (κ2) is 2.18. The molecule has 0 bridgehead atoms. The number of rotatable bonds is 1. The summed E-state index contributed by atoms with van der Waals surface area (Å²) >= 11 is 1.20. The highest BCUT2D eigenvalue weighted by molar-refractivity contribution is 7.17. The van der Waals surface area contributed by atoms with Crippen LogP contribution in [0.2, 0.25) is 0 Å². The minimum Gasteiger partial charge on any atom is -0.364 e. The Balaban J connectivity index is 2.98. The predicted molar refractivity (Wildman–Crippen MR) is 36.0 cm³/mol. The van der Waals surface area contributed by atoms with E-state index in [4.69, 9.17) is 13.6 Å². The third kappa shape index (κ3) is 1.29. The monoisotopic (exact) mass is 138 g/mol. The third-order valence-corrected chi connectivity index (χ3v) is 1.45. The van der Waals surface area contributed by atoms with E-state index >= 15 is 0 Å². The van der Waals surface area contributed by atoms with Gasteiger partial charge in [-0.05, 0) is 0 Å². The highest BCUT2D eigenvalue weighted by Crippen LogP contribution is 1.94. The summed E-state index contributed by atoms with van der Waals surface area (Å²) in [5, 5.41) is 1.53. The zero-order valence-electron chi connectivity index (χ0n) is 4.50. The average molecular weight is 138 g/mol. The van der Waals surface area contributed by atoms with Gasteiger partial charge in [0.25, 0.3) is 5.91 Å². The molecule has 44 valence electrons. The molecule has 0 aliphatic heterocycles. The van der Waals surface area contributed by atoms with Crippen molar-refractivity contribution in [2.75, 3.05) is 0 Å². The fourth-order valence-electron chi connectivity index (χ4n) is 0.401. The Labute approximate surface area is 57.3 Å². The molecule has 0 unspecified atom stereocenters. The molecule has 0 fully saturated rings. The number of primary amides is 1. The summed E-state index contributed by atoms with van der Waals surface area (Å²) in [5.41, 5.74) is 5.11. The van der Waals surface area contributed by atoms with Crippen LogP contribution in [-0.4, -0.2) is 18.7 Å². The van der Waals surface area contributed by atoms with Gasteiger partial charge in [0, 0.05) is 10.3 Å². The van der Waals surface area contributed by atoms with E-state index in [1.807, 2.05) is 0 Å². The van der Waals surface area contributed by atoms with Crippen LogP contribution in [0.4, 0.5) is 0 Å². The van der Waals surface area contributed by atoms with Crippen LogP contribution in [0.15, 0.2) is 5.38 Å². The van der Waals surface area contributed by atoms with Crippen LogP contribution in [0.5, 0.6) is 0 Å². The molecule has 2 N–H and O–H groups in total. The van der Waals surface area contributed by atoms with Crippen molar-refractivity contribution in [1.82, 2.24) is 4.98 Å². The van der Waals surface area contributed by atoms with E-state index in [-0.39, 0.29) is 5.69 Å². The van der Waals surface area contributed by atoms with Gasteiger partial charge < -0.3 is 5.73 Å². The van der Waals surface area contributed by atoms with Crippen LogP contribution in [0.1, 0.15) is 10.5 Å². The zero-order valence-corrected chi connectivity index (χ0v) is 5.31. The summed E-state index contributed by atoms with van der Waals surface area (Å²) in [6, 6.07) is 0. The minimum atomic E-state index is -0.539.